The summed E-state index contributed by atoms with van der Waals surface area (Å²) in [5, 5.41) is 10.2. The molecule has 2 aromatic heterocycles. The van der Waals surface area contributed by atoms with Crippen molar-refractivity contribution in [3.05, 3.63) is 54.1 Å². The summed E-state index contributed by atoms with van der Waals surface area (Å²) in [6, 6.07) is 15.1. The van der Waals surface area contributed by atoms with Gasteiger partial charge in [0.25, 0.3) is 0 Å². The molecule has 0 bridgehead atoms. The average molecular weight is 379 g/mol. The van der Waals surface area contributed by atoms with E-state index in [9.17, 15) is 4.79 Å². The Morgan fingerprint density at radius 1 is 1.04 bits per heavy atom. The van der Waals surface area contributed by atoms with E-state index in [1.165, 1.54) is 22.7 Å². The fraction of sp³-hybridized carbons (Fsp3) is 0.0556. The third-order valence-electron chi connectivity index (χ3n) is 3.68. The van der Waals surface area contributed by atoms with Crippen LogP contribution >= 0.6 is 22.7 Å². The number of azo groups is 1. The highest BCUT2D eigenvalue weighted by Gasteiger charge is 2.12. The standard InChI is InChI=1S/C18H13N5OS2/c1-10(24)12-7-8-13-14(9-12)25-18(20-13)23-22-16-15(21-17(19)26-16)11-5-3-2-4-6-11/h2-9H,1H3,(H2,19,21). The van der Waals surface area contributed by atoms with Crippen molar-refractivity contribution in [3.63, 3.8) is 0 Å². The van der Waals surface area contributed by atoms with Gasteiger partial charge in [-0.25, -0.2) is 9.97 Å². The highest BCUT2D eigenvalue weighted by molar-refractivity contribution is 7.22. The summed E-state index contributed by atoms with van der Waals surface area (Å²) in [5.41, 5.74) is 8.94. The number of nitrogens with zero attached hydrogens (tertiary/aromatic N) is 4. The number of Topliss-reactive ketones (excluding diaryl/α,β-unsaturated/α-hetero) is 1. The highest BCUT2D eigenvalue weighted by atomic mass is 32.1. The summed E-state index contributed by atoms with van der Waals surface area (Å²) in [6.45, 7) is 1.54. The predicted octanol–water partition coefficient (Wildman–Crippen LogP) is 5.62. The fourth-order valence-electron chi connectivity index (χ4n) is 2.44. The van der Waals surface area contributed by atoms with E-state index in [2.05, 4.69) is 20.2 Å². The Labute approximate surface area is 157 Å². The van der Waals surface area contributed by atoms with Crippen LogP contribution in [0.3, 0.4) is 0 Å². The molecule has 0 saturated heterocycles. The van der Waals surface area contributed by atoms with Crippen LogP contribution in [-0.2, 0) is 0 Å². The van der Waals surface area contributed by atoms with Gasteiger partial charge in [0.1, 0.15) is 5.69 Å². The molecule has 128 valence electrons. The van der Waals surface area contributed by atoms with Gasteiger partial charge in [-0.2, -0.15) is 0 Å². The minimum atomic E-state index is 0.0242. The van der Waals surface area contributed by atoms with Gasteiger partial charge in [0.15, 0.2) is 15.9 Å². The Morgan fingerprint density at radius 3 is 2.62 bits per heavy atom. The lowest BCUT2D eigenvalue weighted by Gasteiger charge is -1.96. The molecular weight excluding hydrogens is 366 g/mol. The monoisotopic (exact) mass is 379 g/mol. The molecule has 0 spiro atoms. The maximum absolute atomic E-state index is 11.5. The predicted molar refractivity (Wildman–Crippen MR) is 106 cm³/mol. The lowest BCUT2D eigenvalue weighted by Crippen LogP contribution is -1.89. The maximum Gasteiger partial charge on any atom is 0.231 e. The van der Waals surface area contributed by atoms with Crippen molar-refractivity contribution < 1.29 is 4.79 Å². The van der Waals surface area contributed by atoms with Crippen molar-refractivity contribution in [1.29, 1.82) is 0 Å². The van der Waals surface area contributed by atoms with Crippen molar-refractivity contribution in [1.82, 2.24) is 9.97 Å². The normalized spacial score (nSPS) is 11.4. The molecular formula is C18H13N5OS2. The van der Waals surface area contributed by atoms with Gasteiger partial charge >= 0.3 is 0 Å². The summed E-state index contributed by atoms with van der Waals surface area (Å²) >= 11 is 2.67. The molecule has 6 nitrogen and oxygen atoms in total. The topological polar surface area (TPSA) is 93.6 Å². The molecule has 2 heterocycles. The first kappa shape index (κ1) is 16.5. The lowest BCUT2D eigenvalue weighted by molar-refractivity contribution is 0.101. The Kier molecular flexibility index (Phi) is 4.27. The summed E-state index contributed by atoms with van der Waals surface area (Å²) < 4.78 is 0.902. The van der Waals surface area contributed by atoms with E-state index in [0.717, 1.165) is 15.8 Å². The Morgan fingerprint density at radius 2 is 1.85 bits per heavy atom. The number of thiazole rings is 2. The number of nitrogen functional groups attached to an aromatic ring is 1. The van der Waals surface area contributed by atoms with Gasteiger partial charge in [-0.3, -0.25) is 4.79 Å². The minimum Gasteiger partial charge on any atom is -0.375 e. The number of carbonyl (C=O) groups excluding carboxylic acids is 1. The van der Waals surface area contributed by atoms with E-state index >= 15 is 0 Å². The van der Waals surface area contributed by atoms with Crippen molar-refractivity contribution in [2.45, 2.75) is 6.92 Å². The number of aromatic nitrogens is 2. The van der Waals surface area contributed by atoms with E-state index in [1.807, 2.05) is 42.5 Å². The quantitative estimate of drug-likeness (QED) is 0.368. The van der Waals surface area contributed by atoms with Crippen LogP contribution < -0.4 is 5.73 Å². The van der Waals surface area contributed by atoms with Gasteiger partial charge in [0, 0.05) is 11.1 Å². The summed E-state index contributed by atoms with van der Waals surface area (Å²) in [5.74, 6) is 0.0242. The second-order valence-corrected chi connectivity index (χ2v) is 7.53. The van der Waals surface area contributed by atoms with Gasteiger partial charge < -0.3 is 5.73 Å². The minimum absolute atomic E-state index is 0.0242. The molecule has 0 aliphatic carbocycles. The fourth-order valence-corrected chi connectivity index (χ4v) is 3.95. The number of hydrogen-bond acceptors (Lipinski definition) is 8. The second-order valence-electron chi connectivity index (χ2n) is 5.51. The van der Waals surface area contributed by atoms with Crippen molar-refractivity contribution in [2.24, 2.45) is 10.2 Å². The van der Waals surface area contributed by atoms with Crippen LogP contribution in [0, 0.1) is 0 Å². The molecule has 2 N–H and O–H groups in total. The van der Waals surface area contributed by atoms with Gasteiger partial charge in [-0.05, 0) is 25.1 Å². The number of ketones is 1. The molecule has 2 aromatic carbocycles. The number of fused-ring (bicyclic) bond motifs is 1. The van der Waals surface area contributed by atoms with Crippen LogP contribution in [0.2, 0.25) is 0 Å². The highest BCUT2D eigenvalue weighted by Crippen LogP contribution is 2.38. The number of anilines is 1. The molecule has 0 radical (unpaired) electrons. The molecule has 26 heavy (non-hydrogen) atoms. The first-order valence-corrected chi connectivity index (χ1v) is 9.38. The summed E-state index contributed by atoms with van der Waals surface area (Å²) in [4.78, 5) is 20.3. The van der Waals surface area contributed by atoms with Crippen LogP contribution in [0.1, 0.15) is 17.3 Å². The number of carbonyl (C=O) groups is 1. The SMILES string of the molecule is CC(=O)c1ccc2nc(N=Nc3sc(N)nc3-c3ccccc3)sc2c1. The molecule has 0 saturated carbocycles. The Bertz CT molecular complexity index is 1130. The number of nitrogens with two attached hydrogens (primary N) is 1. The smallest absolute Gasteiger partial charge is 0.231 e. The third kappa shape index (κ3) is 3.24. The molecule has 4 aromatic rings. The summed E-state index contributed by atoms with van der Waals surface area (Å²) in [6.07, 6.45) is 0. The first-order valence-electron chi connectivity index (χ1n) is 7.75. The zero-order valence-corrected chi connectivity index (χ0v) is 15.3. The van der Waals surface area contributed by atoms with Gasteiger partial charge in [0.05, 0.1) is 10.2 Å². The summed E-state index contributed by atoms with van der Waals surface area (Å²) in [7, 11) is 0. The van der Waals surface area contributed by atoms with Crippen LogP contribution in [-0.4, -0.2) is 15.8 Å². The average Bonchev–Trinajstić information content (AvgIpc) is 3.22. The molecule has 0 unspecified atom stereocenters. The zero-order chi connectivity index (χ0) is 18.1. The largest absolute Gasteiger partial charge is 0.375 e. The van der Waals surface area contributed by atoms with E-state index < -0.39 is 0 Å². The molecule has 0 aliphatic heterocycles. The van der Waals surface area contributed by atoms with Crippen LogP contribution in [0.4, 0.5) is 15.3 Å². The van der Waals surface area contributed by atoms with E-state index in [1.54, 1.807) is 13.0 Å². The molecule has 0 atom stereocenters. The number of benzene rings is 2. The Balaban J connectivity index is 1.69. The molecule has 0 amide bonds. The number of rotatable bonds is 4. The van der Waals surface area contributed by atoms with E-state index in [0.29, 0.717) is 26.5 Å². The van der Waals surface area contributed by atoms with Crippen molar-refractivity contribution >= 4 is 53.9 Å². The molecule has 0 aliphatic rings. The second kappa shape index (κ2) is 6.74. The van der Waals surface area contributed by atoms with E-state index in [4.69, 9.17) is 5.73 Å². The van der Waals surface area contributed by atoms with Gasteiger partial charge in [-0.15, -0.1) is 10.2 Å². The number of hydrogen-bond donors (Lipinski definition) is 1. The van der Waals surface area contributed by atoms with Gasteiger partial charge in [-0.1, -0.05) is 53.0 Å². The third-order valence-corrected chi connectivity index (χ3v) is 5.35. The van der Waals surface area contributed by atoms with Crippen LogP contribution in [0.5, 0.6) is 0 Å². The zero-order valence-electron chi connectivity index (χ0n) is 13.7. The maximum atomic E-state index is 11.5. The van der Waals surface area contributed by atoms with E-state index in [-0.39, 0.29) is 5.78 Å². The molecule has 8 heteroatoms. The first-order chi connectivity index (χ1) is 12.6. The van der Waals surface area contributed by atoms with Crippen molar-refractivity contribution in [3.8, 4) is 11.3 Å². The van der Waals surface area contributed by atoms with Crippen LogP contribution in [0.25, 0.3) is 21.5 Å². The lowest BCUT2D eigenvalue weighted by atomic mass is 10.1. The molecule has 0 fully saturated rings. The van der Waals surface area contributed by atoms with Gasteiger partial charge in [0.2, 0.25) is 5.13 Å². The molecule has 4 rings (SSSR count). The van der Waals surface area contributed by atoms with Crippen LogP contribution in [0.15, 0.2) is 58.8 Å². The Hall–Kier alpha value is -2.97. The van der Waals surface area contributed by atoms with Crippen molar-refractivity contribution in [2.75, 3.05) is 5.73 Å².